The molecule has 0 unspecified atom stereocenters. The number of amides is 1. The number of carbonyl (C=O) groups is 1. The van der Waals surface area contributed by atoms with E-state index in [1.54, 1.807) is 36.4 Å². The highest BCUT2D eigenvalue weighted by atomic mass is 32.1. The van der Waals surface area contributed by atoms with Gasteiger partial charge in [0.1, 0.15) is 10.7 Å². The Labute approximate surface area is 168 Å². The number of rotatable bonds is 4. The summed E-state index contributed by atoms with van der Waals surface area (Å²) in [6.45, 7) is 0. The van der Waals surface area contributed by atoms with Crippen LogP contribution >= 0.6 is 11.3 Å². The summed E-state index contributed by atoms with van der Waals surface area (Å²) >= 11 is 0.971. The topological polar surface area (TPSA) is 118 Å². The second-order valence-corrected chi connectivity index (χ2v) is 6.84. The van der Waals surface area contributed by atoms with Crippen molar-refractivity contribution in [3.63, 3.8) is 0 Å². The summed E-state index contributed by atoms with van der Waals surface area (Å²) < 4.78 is 1.71. The van der Waals surface area contributed by atoms with Crippen LogP contribution < -0.4 is 20.1 Å². The molecule has 1 heterocycles. The largest absolute Gasteiger partial charge is 0.354 e. The summed E-state index contributed by atoms with van der Waals surface area (Å²) in [6.07, 6.45) is 1.50. The molecule has 0 fully saturated rings. The molecular weight excluding hydrogens is 392 g/mol. The molecule has 29 heavy (non-hydrogen) atoms. The number of para-hydroxylation sites is 1. The third-order valence-electron chi connectivity index (χ3n) is 4.00. The standard InChI is InChI=1S/C20H14N4O4S/c1-22-18(25)16(12-21)20-23(14-7-3-2-4-8-14)19(26)17(29-20)11-13-6-5-9-15(10-13)24(27)28/h2-11H,1H3,(H,22,25)/b17-11+,20-16+. The zero-order valence-corrected chi connectivity index (χ0v) is 16.0. The average Bonchev–Trinajstić information content (AvgIpc) is 3.05. The zero-order valence-electron chi connectivity index (χ0n) is 15.2. The van der Waals surface area contributed by atoms with Gasteiger partial charge in [-0.1, -0.05) is 30.3 Å². The number of non-ortho nitro benzene ring substituents is 1. The smallest absolute Gasteiger partial charge is 0.273 e. The van der Waals surface area contributed by atoms with Crippen molar-refractivity contribution >= 4 is 34.6 Å². The van der Waals surface area contributed by atoms with Crippen LogP contribution in [0.4, 0.5) is 5.69 Å². The van der Waals surface area contributed by atoms with E-state index < -0.39 is 16.4 Å². The predicted octanol–water partition coefficient (Wildman–Crippen LogP) is 1.06. The molecule has 0 aliphatic heterocycles. The van der Waals surface area contributed by atoms with E-state index in [9.17, 15) is 25.0 Å². The van der Waals surface area contributed by atoms with E-state index in [0.29, 0.717) is 11.3 Å². The highest BCUT2D eigenvalue weighted by Crippen LogP contribution is 2.13. The number of nitro groups is 1. The predicted molar refractivity (Wildman–Crippen MR) is 109 cm³/mol. The lowest BCUT2D eigenvalue weighted by molar-refractivity contribution is -0.384. The van der Waals surface area contributed by atoms with Gasteiger partial charge in [0.05, 0.1) is 15.1 Å². The van der Waals surface area contributed by atoms with E-state index >= 15 is 0 Å². The minimum Gasteiger partial charge on any atom is -0.354 e. The maximum Gasteiger partial charge on any atom is 0.273 e. The normalized spacial score (nSPS) is 12.2. The molecule has 1 N–H and O–H groups in total. The van der Waals surface area contributed by atoms with Gasteiger partial charge < -0.3 is 5.32 Å². The lowest BCUT2D eigenvalue weighted by Crippen LogP contribution is -2.33. The molecule has 8 nitrogen and oxygen atoms in total. The van der Waals surface area contributed by atoms with Gasteiger partial charge in [-0.15, -0.1) is 11.3 Å². The number of nitriles is 1. The Morgan fingerprint density at radius 3 is 2.59 bits per heavy atom. The van der Waals surface area contributed by atoms with Crippen molar-refractivity contribution in [1.82, 2.24) is 9.88 Å². The van der Waals surface area contributed by atoms with E-state index in [1.807, 2.05) is 6.07 Å². The van der Waals surface area contributed by atoms with Crippen LogP contribution in [0.5, 0.6) is 0 Å². The van der Waals surface area contributed by atoms with Crippen LogP contribution in [0.25, 0.3) is 17.3 Å². The number of thiazole rings is 1. The summed E-state index contributed by atoms with van der Waals surface area (Å²) in [5, 5.41) is 22.9. The molecule has 2 aromatic carbocycles. The minimum absolute atomic E-state index is 0.103. The molecule has 0 saturated carbocycles. The highest BCUT2D eigenvalue weighted by molar-refractivity contribution is 7.07. The fraction of sp³-hybridized carbons (Fsp3) is 0.0500. The van der Waals surface area contributed by atoms with Crippen LogP contribution in [0.15, 0.2) is 59.4 Å². The van der Waals surface area contributed by atoms with E-state index in [0.717, 1.165) is 11.3 Å². The Hall–Kier alpha value is -4.03. The molecule has 0 atom stereocenters. The van der Waals surface area contributed by atoms with Crippen LogP contribution in [0.1, 0.15) is 5.56 Å². The van der Waals surface area contributed by atoms with Gasteiger partial charge in [-0.05, 0) is 23.8 Å². The molecule has 3 aromatic rings. The van der Waals surface area contributed by atoms with Gasteiger partial charge in [0.15, 0.2) is 5.57 Å². The third-order valence-corrected chi connectivity index (χ3v) is 5.09. The van der Waals surface area contributed by atoms with Gasteiger partial charge in [0, 0.05) is 19.2 Å². The van der Waals surface area contributed by atoms with Crippen molar-refractivity contribution < 1.29 is 9.72 Å². The average molecular weight is 406 g/mol. The number of carbonyl (C=O) groups excluding carboxylic acids is 1. The van der Waals surface area contributed by atoms with Crippen molar-refractivity contribution in [2.24, 2.45) is 0 Å². The number of nitrogens with one attached hydrogen (secondary N) is 1. The van der Waals surface area contributed by atoms with E-state index in [1.165, 1.54) is 35.9 Å². The van der Waals surface area contributed by atoms with Gasteiger partial charge >= 0.3 is 0 Å². The van der Waals surface area contributed by atoms with Crippen LogP contribution in [0, 0.1) is 21.4 Å². The Kier molecular flexibility index (Phi) is 5.66. The van der Waals surface area contributed by atoms with Gasteiger partial charge in [-0.25, -0.2) is 0 Å². The quantitative estimate of drug-likeness (QED) is 0.513. The van der Waals surface area contributed by atoms with E-state index in [2.05, 4.69) is 5.32 Å². The first-order valence-electron chi connectivity index (χ1n) is 8.36. The van der Waals surface area contributed by atoms with E-state index in [4.69, 9.17) is 0 Å². The number of benzene rings is 2. The Morgan fingerprint density at radius 1 is 1.24 bits per heavy atom. The molecule has 1 aromatic heterocycles. The van der Waals surface area contributed by atoms with E-state index in [-0.39, 0.29) is 20.5 Å². The van der Waals surface area contributed by atoms with Gasteiger partial charge in [-0.2, -0.15) is 5.26 Å². The van der Waals surface area contributed by atoms with Crippen LogP contribution in [-0.2, 0) is 4.79 Å². The number of aromatic nitrogens is 1. The van der Waals surface area contributed by atoms with Crippen LogP contribution in [0.3, 0.4) is 0 Å². The fourth-order valence-corrected chi connectivity index (χ4v) is 3.76. The second-order valence-electron chi connectivity index (χ2n) is 5.81. The molecule has 0 aliphatic carbocycles. The molecule has 0 saturated heterocycles. The lowest BCUT2D eigenvalue weighted by atomic mass is 10.2. The van der Waals surface area contributed by atoms with Gasteiger partial charge in [0.2, 0.25) is 0 Å². The highest BCUT2D eigenvalue weighted by Gasteiger charge is 2.16. The third kappa shape index (κ3) is 3.97. The van der Waals surface area contributed by atoms with Crippen molar-refractivity contribution in [1.29, 1.82) is 5.26 Å². The molecule has 9 heteroatoms. The molecule has 3 rings (SSSR count). The van der Waals surface area contributed by atoms with Crippen molar-refractivity contribution in [3.8, 4) is 11.8 Å². The molecular formula is C20H14N4O4S. The Balaban J connectivity index is 2.38. The van der Waals surface area contributed by atoms with Crippen LogP contribution in [0.2, 0.25) is 0 Å². The lowest BCUT2D eigenvalue weighted by Gasteiger charge is -2.02. The monoisotopic (exact) mass is 406 g/mol. The maximum absolute atomic E-state index is 13.1. The molecule has 0 radical (unpaired) electrons. The fourth-order valence-electron chi connectivity index (χ4n) is 2.66. The molecule has 0 spiro atoms. The van der Waals surface area contributed by atoms with Gasteiger partial charge in [-0.3, -0.25) is 24.3 Å². The molecule has 1 amide bonds. The number of nitro benzene ring substituents is 1. The maximum atomic E-state index is 13.1. The summed E-state index contributed by atoms with van der Waals surface area (Å²) in [4.78, 5) is 35.7. The number of hydrogen-bond donors (Lipinski definition) is 1. The first-order chi connectivity index (χ1) is 14.0. The number of hydrogen-bond acceptors (Lipinski definition) is 6. The molecule has 144 valence electrons. The zero-order chi connectivity index (χ0) is 21.0. The number of nitrogens with zero attached hydrogens (tertiary/aromatic N) is 3. The SMILES string of the molecule is CNC(=O)/C(C#N)=c1/s/c(=C/c2cccc([N+](=O)[O-])c2)c(=O)n1-c1ccccc1. The Morgan fingerprint density at radius 2 is 1.97 bits per heavy atom. The first-order valence-corrected chi connectivity index (χ1v) is 9.18. The van der Waals surface area contributed by atoms with Crippen molar-refractivity contribution in [3.05, 3.63) is 89.8 Å². The minimum atomic E-state index is -0.611. The summed E-state index contributed by atoms with van der Waals surface area (Å²) in [5.41, 5.74) is 0.229. The summed E-state index contributed by atoms with van der Waals surface area (Å²) in [6, 6.07) is 16.3. The summed E-state index contributed by atoms with van der Waals surface area (Å²) in [7, 11) is 1.40. The molecule has 0 aliphatic rings. The van der Waals surface area contributed by atoms with Crippen LogP contribution in [-0.4, -0.2) is 22.4 Å². The van der Waals surface area contributed by atoms with Crippen molar-refractivity contribution in [2.75, 3.05) is 7.05 Å². The second kappa shape index (κ2) is 8.33. The molecule has 0 bridgehead atoms. The van der Waals surface area contributed by atoms with Crippen molar-refractivity contribution in [2.45, 2.75) is 0 Å². The Bertz CT molecular complexity index is 1320. The van der Waals surface area contributed by atoms with Gasteiger partial charge in [0.25, 0.3) is 17.2 Å². The first kappa shape index (κ1) is 19.7. The summed E-state index contributed by atoms with van der Waals surface area (Å²) in [5.74, 6) is -0.611.